The first kappa shape index (κ1) is 15.2. The standard InChI is InChI=1S/C10H13N3O3.ClH/c11-8-3-1-2-7(6-8)10(15)12-5-4-9(14)13-16;/h1-3,6,16H,4-5,11H2,(H,12,15)(H,13,14);1H. The molecule has 0 saturated heterocycles. The highest BCUT2D eigenvalue weighted by Crippen LogP contribution is 2.05. The van der Waals surface area contributed by atoms with Gasteiger partial charge >= 0.3 is 0 Å². The first-order valence-electron chi connectivity index (χ1n) is 4.70. The molecule has 0 fully saturated rings. The Balaban J connectivity index is 0.00000256. The van der Waals surface area contributed by atoms with Gasteiger partial charge in [-0.2, -0.15) is 0 Å². The molecule has 0 aromatic heterocycles. The third kappa shape index (κ3) is 5.19. The maximum atomic E-state index is 11.5. The van der Waals surface area contributed by atoms with Crippen LogP contribution >= 0.6 is 12.4 Å². The Morgan fingerprint density at radius 2 is 2.06 bits per heavy atom. The van der Waals surface area contributed by atoms with Gasteiger partial charge < -0.3 is 11.1 Å². The van der Waals surface area contributed by atoms with E-state index in [4.69, 9.17) is 10.9 Å². The van der Waals surface area contributed by atoms with Crippen molar-refractivity contribution in [1.29, 1.82) is 0 Å². The number of benzene rings is 1. The van der Waals surface area contributed by atoms with Crippen LogP contribution in [0.1, 0.15) is 16.8 Å². The van der Waals surface area contributed by atoms with Gasteiger partial charge in [0, 0.05) is 24.2 Å². The molecule has 6 nitrogen and oxygen atoms in total. The second-order valence-corrected chi connectivity index (χ2v) is 3.17. The van der Waals surface area contributed by atoms with Crippen LogP contribution in [0.25, 0.3) is 0 Å². The summed E-state index contributed by atoms with van der Waals surface area (Å²) in [5.74, 6) is -0.856. The fourth-order valence-electron chi connectivity index (χ4n) is 1.13. The maximum Gasteiger partial charge on any atom is 0.251 e. The van der Waals surface area contributed by atoms with Crippen molar-refractivity contribution in [2.45, 2.75) is 6.42 Å². The fourth-order valence-corrected chi connectivity index (χ4v) is 1.13. The summed E-state index contributed by atoms with van der Waals surface area (Å²) >= 11 is 0. The summed E-state index contributed by atoms with van der Waals surface area (Å²) in [4.78, 5) is 22.2. The lowest BCUT2D eigenvalue weighted by molar-refractivity contribution is -0.129. The van der Waals surface area contributed by atoms with Crippen LogP contribution in [-0.4, -0.2) is 23.6 Å². The highest BCUT2D eigenvalue weighted by Gasteiger charge is 2.05. The lowest BCUT2D eigenvalue weighted by atomic mass is 10.2. The van der Waals surface area contributed by atoms with Crippen LogP contribution in [0.2, 0.25) is 0 Å². The van der Waals surface area contributed by atoms with Crippen molar-refractivity contribution in [1.82, 2.24) is 10.8 Å². The molecule has 1 rings (SSSR count). The Kier molecular flexibility index (Phi) is 6.69. The van der Waals surface area contributed by atoms with Crippen molar-refractivity contribution < 1.29 is 14.8 Å². The lowest BCUT2D eigenvalue weighted by Crippen LogP contribution is -2.29. The number of nitrogen functional groups attached to an aromatic ring is 1. The summed E-state index contributed by atoms with van der Waals surface area (Å²) < 4.78 is 0. The third-order valence-electron chi connectivity index (χ3n) is 1.91. The zero-order chi connectivity index (χ0) is 12.0. The molecule has 1 aromatic carbocycles. The highest BCUT2D eigenvalue weighted by atomic mass is 35.5. The quantitative estimate of drug-likeness (QED) is 0.355. The van der Waals surface area contributed by atoms with Gasteiger partial charge in [-0.25, -0.2) is 5.48 Å². The molecular weight excluding hydrogens is 246 g/mol. The van der Waals surface area contributed by atoms with Crippen LogP contribution in [0.3, 0.4) is 0 Å². The predicted octanol–water partition coefficient (Wildman–Crippen LogP) is 0.316. The SMILES string of the molecule is Cl.Nc1cccc(C(=O)NCCC(=O)NO)c1. The molecule has 0 heterocycles. The number of amides is 2. The summed E-state index contributed by atoms with van der Waals surface area (Å²) in [5.41, 5.74) is 7.93. The predicted molar refractivity (Wildman–Crippen MR) is 65.0 cm³/mol. The van der Waals surface area contributed by atoms with Gasteiger partial charge in [-0.15, -0.1) is 12.4 Å². The average molecular weight is 260 g/mol. The van der Waals surface area contributed by atoms with E-state index in [0.29, 0.717) is 11.3 Å². The second kappa shape index (κ2) is 7.48. The van der Waals surface area contributed by atoms with Crippen LogP contribution in [0, 0.1) is 0 Å². The summed E-state index contributed by atoms with van der Waals surface area (Å²) in [6, 6.07) is 6.51. The Morgan fingerprint density at radius 3 is 2.65 bits per heavy atom. The second-order valence-electron chi connectivity index (χ2n) is 3.17. The van der Waals surface area contributed by atoms with E-state index in [1.54, 1.807) is 24.3 Å². The van der Waals surface area contributed by atoms with Crippen LogP contribution < -0.4 is 16.5 Å². The van der Waals surface area contributed by atoms with Gasteiger partial charge in [0.25, 0.3) is 5.91 Å². The normalized spacial score (nSPS) is 9.00. The Hall–Kier alpha value is -1.79. The number of nitrogens with one attached hydrogen (secondary N) is 2. The van der Waals surface area contributed by atoms with Crippen molar-refractivity contribution in [2.75, 3.05) is 12.3 Å². The van der Waals surface area contributed by atoms with Gasteiger partial charge in [0.1, 0.15) is 0 Å². The smallest absolute Gasteiger partial charge is 0.251 e. The number of halogens is 1. The number of hydrogen-bond donors (Lipinski definition) is 4. The zero-order valence-corrected chi connectivity index (χ0v) is 9.79. The number of carbonyl (C=O) groups is 2. The van der Waals surface area contributed by atoms with Crippen molar-refractivity contribution in [2.24, 2.45) is 0 Å². The van der Waals surface area contributed by atoms with E-state index in [-0.39, 0.29) is 31.3 Å². The van der Waals surface area contributed by atoms with Crippen molar-refractivity contribution in [3.8, 4) is 0 Å². The van der Waals surface area contributed by atoms with Gasteiger partial charge in [0.2, 0.25) is 5.91 Å². The zero-order valence-electron chi connectivity index (χ0n) is 8.97. The maximum absolute atomic E-state index is 11.5. The van der Waals surface area contributed by atoms with Crippen LogP contribution in [0.5, 0.6) is 0 Å². The van der Waals surface area contributed by atoms with Gasteiger partial charge in [-0.05, 0) is 18.2 Å². The summed E-state index contributed by atoms with van der Waals surface area (Å²) in [6.07, 6.45) is 0.0184. The Bertz CT molecular complexity index is 398. The number of nitrogens with two attached hydrogens (primary N) is 1. The molecule has 2 amide bonds. The Morgan fingerprint density at radius 1 is 1.35 bits per heavy atom. The minimum absolute atomic E-state index is 0. The van der Waals surface area contributed by atoms with Gasteiger partial charge in [-0.1, -0.05) is 6.07 Å². The van der Waals surface area contributed by atoms with Crippen molar-refractivity contribution in [3.63, 3.8) is 0 Å². The van der Waals surface area contributed by atoms with E-state index in [1.807, 2.05) is 0 Å². The molecule has 0 spiro atoms. The van der Waals surface area contributed by atoms with Crippen LogP contribution in [0.15, 0.2) is 24.3 Å². The van der Waals surface area contributed by atoms with E-state index in [2.05, 4.69) is 5.32 Å². The van der Waals surface area contributed by atoms with Crippen LogP contribution in [0.4, 0.5) is 5.69 Å². The number of anilines is 1. The van der Waals surface area contributed by atoms with E-state index >= 15 is 0 Å². The monoisotopic (exact) mass is 259 g/mol. The number of hydroxylamine groups is 1. The van der Waals surface area contributed by atoms with Crippen molar-refractivity contribution in [3.05, 3.63) is 29.8 Å². The fraction of sp³-hybridized carbons (Fsp3) is 0.200. The first-order valence-corrected chi connectivity index (χ1v) is 4.70. The molecule has 0 bridgehead atoms. The number of hydrogen-bond acceptors (Lipinski definition) is 4. The molecule has 0 aliphatic rings. The molecule has 0 saturated carbocycles. The van der Waals surface area contributed by atoms with Gasteiger partial charge in [0.05, 0.1) is 0 Å². The van der Waals surface area contributed by atoms with Gasteiger partial charge in [-0.3, -0.25) is 14.8 Å². The largest absolute Gasteiger partial charge is 0.399 e. The number of carbonyl (C=O) groups excluding carboxylic acids is 2. The molecule has 1 aromatic rings. The topological polar surface area (TPSA) is 104 Å². The molecule has 5 N–H and O–H groups in total. The van der Waals surface area contributed by atoms with Crippen LogP contribution in [-0.2, 0) is 4.79 Å². The van der Waals surface area contributed by atoms with Gasteiger partial charge in [0.15, 0.2) is 0 Å². The molecular formula is C10H14ClN3O3. The molecule has 0 radical (unpaired) electrons. The minimum Gasteiger partial charge on any atom is -0.399 e. The van der Waals surface area contributed by atoms with E-state index in [1.165, 1.54) is 5.48 Å². The summed E-state index contributed by atoms with van der Waals surface area (Å²) in [7, 11) is 0. The average Bonchev–Trinajstić information content (AvgIpc) is 2.28. The number of rotatable bonds is 4. The summed E-state index contributed by atoms with van der Waals surface area (Å²) in [5, 5.41) is 10.7. The lowest BCUT2D eigenvalue weighted by Gasteiger charge is -2.04. The molecule has 17 heavy (non-hydrogen) atoms. The third-order valence-corrected chi connectivity index (χ3v) is 1.91. The molecule has 0 atom stereocenters. The van der Waals surface area contributed by atoms with E-state index in [0.717, 1.165) is 0 Å². The summed E-state index contributed by atoms with van der Waals surface area (Å²) in [6.45, 7) is 0.153. The molecule has 0 aliphatic heterocycles. The molecule has 0 aliphatic carbocycles. The van der Waals surface area contributed by atoms with E-state index in [9.17, 15) is 9.59 Å². The highest BCUT2D eigenvalue weighted by molar-refractivity contribution is 5.95. The molecule has 94 valence electrons. The minimum atomic E-state index is -0.548. The van der Waals surface area contributed by atoms with Crippen molar-refractivity contribution >= 4 is 29.9 Å². The Labute approximate surface area is 105 Å². The molecule has 0 unspecified atom stereocenters. The molecule has 7 heteroatoms. The van der Waals surface area contributed by atoms with E-state index < -0.39 is 5.91 Å². The first-order chi connectivity index (χ1) is 7.63.